The van der Waals surface area contributed by atoms with E-state index in [-0.39, 0.29) is 5.75 Å². The molecule has 0 aliphatic carbocycles. The van der Waals surface area contributed by atoms with Crippen molar-refractivity contribution in [2.45, 2.75) is 26.7 Å². The number of carbonyl (C=O) groups excluding carboxylic acids is 1. The molecule has 1 rings (SSSR count). The third-order valence-corrected chi connectivity index (χ3v) is 2.91. The third kappa shape index (κ3) is 3.40. The van der Waals surface area contributed by atoms with Crippen molar-refractivity contribution < 1.29 is 23.7 Å². The van der Waals surface area contributed by atoms with Crippen molar-refractivity contribution in [1.82, 2.24) is 0 Å². The van der Waals surface area contributed by atoms with Crippen molar-refractivity contribution >= 4 is 14.1 Å². The highest BCUT2D eigenvalue weighted by Crippen LogP contribution is 2.40. The SMILES string of the molecule is CCc1c(C=O)ccc(OP(=O)(O)O)c1CC. The highest BCUT2D eigenvalue weighted by Gasteiger charge is 2.20. The molecule has 6 heteroatoms. The van der Waals surface area contributed by atoms with E-state index in [2.05, 4.69) is 4.52 Å². The molecule has 0 aromatic heterocycles. The van der Waals surface area contributed by atoms with Gasteiger partial charge in [0.1, 0.15) is 12.0 Å². The summed E-state index contributed by atoms with van der Waals surface area (Å²) < 4.78 is 15.4. The minimum atomic E-state index is -4.57. The Labute approximate surface area is 99.7 Å². The predicted molar refractivity (Wildman–Crippen MR) is 63.3 cm³/mol. The van der Waals surface area contributed by atoms with Crippen LogP contribution in [-0.4, -0.2) is 16.1 Å². The van der Waals surface area contributed by atoms with Gasteiger partial charge in [0.25, 0.3) is 0 Å². The molecule has 0 spiro atoms. The van der Waals surface area contributed by atoms with Crippen molar-refractivity contribution in [3.8, 4) is 5.75 Å². The molecule has 0 aliphatic heterocycles. The van der Waals surface area contributed by atoms with E-state index in [1.165, 1.54) is 12.1 Å². The van der Waals surface area contributed by atoms with Gasteiger partial charge in [-0.25, -0.2) is 4.57 Å². The molecule has 1 aromatic rings. The van der Waals surface area contributed by atoms with Gasteiger partial charge in [-0.2, -0.15) is 0 Å². The lowest BCUT2D eigenvalue weighted by Gasteiger charge is -2.15. The number of hydrogen-bond acceptors (Lipinski definition) is 3. The van der Waals surface area contributed by atoms with Crippen LogP contribution in [0.25, 0.3) is 0 Å². The largest absolute Gasteiger partial charge is 0.524 e. The van der Waals surface area contributed by atoms with E-state index in [0.29, 0.717) is 24.0 Å². The topological polar surface area (TPSA) is 83.8 Å². The van der Waals surface area contributed by atoms with Gasteiger partial charge in [0.15, 0.2) is 0 Å². The van der Waals surface area contributed by atoms with Crippen LogP contribution < -0.4 is 4.52 Å². The molecule has 0 atom stereocenters. The number of phosphoric ester groups is 1. The molecule has 2 N–H and O–H groups in total. The van der Waals surface area contributed by atoms with Gasteiger partial charge in [-0.05, 0) is 36.1 Å². The minimum Gasteiger partial charge on any atom is -0.404 e. The molecule has 0 saturated heterocycles. The Bertz CT molecular complexity index is 463. The van der Waals surface area contributed by atoms with E-state index in [0.717, 1.165) is 11.8 Å². The van der Waals surface area contributed by atoms with Crippen molar-refractivity contribution in [2.24, 2.45) is 0 Å². The Morgan fingerprint density at radius 2 is 1.82 bits per heavy atom. The average molecular weight is 258 g/mol. The summed E-state index contributed by atoms with van der Waals surface area (Å²) in [5, 5.41) is 0. The van der Waals surface area contributed by atoms with E-state index in [1.807, 2.05) is 13.8 Å². The van der Waals surface area contributed by atoms with E-state index in [4.69, 9.17) is 9.79 Å². The van der Waals surface area contributed by atoms with Crippen molar-refractivity contribution in [3.63, 3.8) is 0 Å². The molecular weight excluding hydrogens is 243 g/mol. The maximum Gasteiger partial charge on any atom is 0.524 e. The second-order valence-corrected chi connectivity index (χ2v) is 4.68. The van der Waals surface area contributed by atoms with Crippen LogP contribution in [0.1, 0.15) is 35.3 Å². The second-order valence-electron chi connectivity index (χ2n) is 3.52. The van der Waals surface area contributed by atoms with Gasteiger partial charge >= 0.3 is 7.82 Å². The predicted octanol–water partition coefficient (Wildman–Crippen LogP) is 2.10. The Morgan fingerprint density at radius 1 is 1.24 bits per heavy atom. The molecular formula is C11H15O5P. The Morgan fingerprint density at radius 3 is 2.24 bits per heavy atom. The fraction of sp³-hybridized carbons (Fsp3) is 0.364. The van der Waals surface area contributed by atoms with E-state index in [9.17, 15) is 9.36 Å². The number of rotatable bonds is 5. The van der Waals surface area contributed by atoms with Crippen LogP contribution in [0.4, 0.5) is 0 Å². The number of carbonyl (C=O) groups is 1. The van der Waals surface area contributed by atoms with Crippen molar-refractivity contribution in [1.29, 1.82) is 0 Å². The molecule has 17 heavy (non-hydrogen) atoms. The normalized spacial score (nSPS) is 11.3. The maximum atomic E-state index is 10.9. The maximum absolute atomic E-state index is 10.9. The highest BCUT2D eigenvalue weighted by atomic mass is 31.2. The lowest BCUT2D eigenvalue weighted by Crippen LogP contribution is -2.02. The fourth-order valence-electron chi connectivity index (χ4n) is 1.82. The molecule has 0 unspecified atom stereocenters. The third-order valence-electron chi connectivity index (χ3n) is 2.48. The van der Waals surface area contributed by atoms with Gasteiger partial charge < -0.3 is 4.52 Å². The van der Waals surface area contributed by atoms with Gasteiger partial charge in [0, 0.05) is 5.56 Å². The molecule has 0 saturated carbocycles. The van der Waals surface area contributed by atoms with Crippen LogP contribution in [0.2, 0.25) is 0 Å². The summed E-state index contributed by atoms with van der Waals surface area (Å²) in [7, 11) is -4.57. The number of hydrogen-bond donors (Lipinski definition) is 2. The first-order valence-electron chi connectivity index (χ1n) is 5.28. The van der Waals surface area contributed by atoms with Gasteiger partial charge in [-0.3, -0.25) is 14.6 Å². The Kier molecular flexibility index (Phi) is 4.46. The monoisotopic (exact) mass is 258 g/mol. The van der Waals surface area contributed by atoms with E-state index in [1.54, 1.807) is 0 Å². The Hall–Kier alpha value is -1.16. The summed E-state index contributed by atoms with van der Waals surface area (Å²) in [6, 6.07) is 2.93. The van der Waals surface area contributed by atoms with Crippen LogP contribution in [0.5, 0.6) is 5.75 Å². The molecule has 1 aromatic carbocycles. The van der Waals surface area contributed by atoms with Crippen LogP contribution in [0.3, 0.4) is 0 Å². The molecule has 0 heterocycles. The second kappa shape index (κ2) is 5.45. The minimum absolute atomic E-state index is 0.142. The van der Waals surface area contributed by atoms with Crippen LogP contribution >= 0.6 is 7.82 Å². The van der Waals surface area contributed by atoms with Gasteiger partial charge in [-0.1, -0.05) is 13.8 Å². The van der Waals surface area contributed by atoms with Gasteiger partial charge in [0.05, 0.1) is 0 Å². The molecule has 0 amide bonds. The lowest BCUT2D eigenvalue weighted by molar-refractivity contribution is 0.112. The zero-order chi connectivity index (χ0) is 13.1. The number of phosphoric acid groups is 1. The first kappa shape index (κ1) is 13.9. The first-order valence-corrected chi connectivity index (χ1v) is 6.81. The zero-order valence-corrected chi connectivity index (χ0v) is 10.6. The van der Waals surface area contributed by atoms with E-state index >= 15 is 0 Å². The summed E-state index contributed by atoms with van der Waals surface area (Å²) in [6.07, 6.45) is 1.88. The van der Waals surface area contributed by atoms with Crippen LogP contribution in [0.15, 0.2) is 12.1 Å². The van der Waals surface area contributed by atoms with Gasteiger partial charge in [-0.15, -0.1) is 0 Å². The summed E-state index contributed by atoms with van der Waals surface area (Å²) >= 11 is 0. The van der Waals surface area contributed by atoms with Crippen molar-refractivity contribution in [3.05, 3.63) is 28.8 Å². The summed E-state index contributed by atoms with van der Waals surface area (Å²) in [5.41, 5.74) is 1.97. The van der Waals surface area contributed by atoms with Crippen LogP contribution in [-0.2, 0) is 17.4 Å². The smallest absolute Gasteiger partial charge is 0.404 e. The first-order chi connectivity index (χ1) is 7.92. The molecule has 94 valence electrons. The zero-order valence-electron chi connectivity index (χ0n) is 9.71. The fourth-order valence-corrected chi connectivity index (χ4v) is 2.25. The highest BCUT2D eigenvalue weighted by molar-refractivity contribution is 7.46. The van der Waals surface area contributed by atoms with E-state index < -0.39 is 7.82 Å². The van der Waals surface area contributed by atoms with Crippen molar-refractivity contribution in [2.75, 3.05) is 0 Å². The molecule has 0 aliphatic rings. The summed E-state index contributed by atoms with van der Waals surface area (Å²) in [4.78, 5) is 28.5. The van der Waals surface area contributed by atoms with Crippen LogP contribution in [0, 0.1) is 0 Å². The standard InChI is InChI=1S/C11H15O5P/c1-3-9-8(7-12)5-6-11(10(9)4-2)16-17(13,14)15/h5-7H,3-4H2,1-2H3,(H2,13,14,15). The molecule has 5 nitrogen and oxygen atoms in total. The number of benzene rings is 1. The molecule has 0 bridgehead atoms. The summed E-state index contributed by atoms with van der Waals surface area (Å²) in [6.45, 7) is 3.72. The quantitative estimate of drug-likeness (QED) is 0.624. The lowest BCUT2D eigenvalue weighted by atomic mass is 9.97. The Balaban J connectivity index is 3.33. The molecule has 0 fully saturated rings. The van der Waals surface area contributed by atoms with Gasteiger partial charge in [0.2, 0.25) is 0 Å². The number of aldehydes is 1. The molecule has 0 radical (unpaired) electrons. The summed E-state index contributed by atoms with van der Waals surface area (Å²) in [5.74, 6) is 0.142. The average Bonchev–Trinajstić information content (AvgIpc) is 2.26.